The van der Waals surface area contributed by atoms with Crippen LogP contribution in [0.25, 0.3) is 0 Å². The average molecular weight is 368 g/mol. The molecule has 2 aromatic carbocycles. The molecule has 0 aromatic heterocycles. The van der Waals surface area contributed by atoms with Gasteiger partial charge >= 0.3 is 0 Å². The van der Waals surface area contributed by atoms with Crippen LogP contribution in [-0.4, -0.2) is 12.0 Å². The topological polar surface area (TPSA) is 38.3 Å². The number of nitrogens with one attached hydrogen (secondary N) is 1. The first-order valence-corrected chi connectivity index (χ1v) is 9.87. The van der Waals surface area contributed by atoms with Crippen molar-refractivity contribution in [2.24, 2.45) is 0 Å². The molecule has 1 N–H and O–H groups in total. The van der Waals surface area contributed by atoms with E-state index in [2.05, 4.69) is 70.3 Å². The second-order valence-corrected chi connectivity index (χ2v) is 7.77. The molecular weight excluding hydrogens is 334 g/mol. The van der Waals surface area contributed by atoms with Gasteiger partial charge < -0.3 is 10.1 Å². The normalized spacial score (nSPS) is 13.3. The molecule has 2 aromatic rings. The fraction of sp³-hybridized carbons (Fsp3) is 0.458. The van der Waals surface area contributed by atoms with Gasteiger partial charge in [0.05, 0.1) is 6.04 Å². The first-order chi connectivity index (χ1) is 12.7. The molecule has 1 amide bonds. The van der Waals surface area contributed by atoms with Crippen molar-refractivity contribution in [3.8, 4) is 5.75 Å². The number of aryl methyl sites for hydroxylation is 3. The Kier molecular flexibility index (Phi) is 7.06. The molecule has 2 rings (SSSR count). The van der Waals surface area contributed by atoms with Gasteiger partial charge in [-0.15, -0.1) is 0 Å². The van der Waals surface area contributed by atoms with Crippen molar-refractivity contribution < 1.29 is 9.53 Å². The van der Waals surface area contributed by atoms with Gasteiger partial charge in [0.2, 0.25) is 0 Å². The van der Waals surface area contributed by atoms with E-state index in [0.717, 1.165) is 28.9 Å². The molecule has 0 spiro atoms. The van der Waals surface area contributed by atoms with Crippen molar-refractivity contribution in [1.82, 2.24) is 5.32 Å². The first kappa shape index (κ1) is 21.0. The van der Waals surface area contributed by atoms with E-state index < -0.39 is 6.10 Å². The summed E-state index contributed by atoms with van der Waals surface area (Å²) in [5, 5.41) is 3.15. The van der Waals surface area contributed by atoms with Crippen LogP contribution >= 0.6 is 0 Å². The molecular formula is C24H33NO2. The minimum Gasteiger partial charge on any atom is -0.481 e. The van der Waals surface area contributed by atoms with E-state index in [9.17, 15) is 4.79 Å². The molecule has 0 aliphatic carbocycles. The van der Waals surface area contributed by atoms with Crippen molar-refractivity contribution in [2.75, 3.05) is 0 Å². The number of carbonyl (C=O) groups is 1. The van der Waals surface area contributed by atoms with Crippen molar-refractivity contribution in [3.63, 3.8) is 0 Å². The number of benzene rings is 2. The summed E-state index contributed by atoms with van der Waals surface area (Å²) in [6, 6.07) is 12.5. The van der Waals surface area contributed by atoms with Crippen molar-refractivity contribution in [1.29, 1.82) is 0 Å². The lowest BCUT2D eigenvalue weighted by Gasteiger charge is -2.23. The van der Waals surface area contributed by atoms with Gasteiger partial charge in [-0.3, -0.25) is 4.79 Å². The quantitative estimate of drug-likeness (QED) is 0.674. The number of hydrogen-bond acceptors (Lipinski definition) is 2. The van der Waals surface area contributed by atoms with Crippen LogP contribution in [0, 0.1) is 20.8 Å². The molecule has 27 heavy (non-hydrogen) atoms. The summed E-state index contributed by atoms with van der Waals surface area (Å²) in [7, 11) is 0. The molecule has 3 nitrogen and oxygen atoms in total. The number of ether oxygens (including phenoxy) is 1. The molecule has 0 aliphatic heterocycles. The van der Waals surface area contributed by atoms with Crippen LogP contribution in [0.1, 0.15) is 73.9 Å². The maximum absolute atomic E-state index is 12.8. The maximum Gasteiger partial charge on any atom is 0.261 e. The Bertz CT molecular complexity index is 795. The van der Waals surface area contributed by atoms with E-state index >= 15 is 0 Å². The lowest BCUT2D eigenvalue weighted by molar-refractivity contribution is -0.128. The molecule has 3 heteroatoms. The zero-order valence-corrected chi connectivity index (χ0v) is 17.7. The van der Waals surface area contributed by atoms with E-state index in [1.54, 1.807) is 0 Å². The maximum atomic E-state index is 12.8. The summed E-state index contributed by atoms with van der Waals surface area (Å²) in [6.45, 7) is 14.4. The van der Waals surface area contributed by atoms with Crippen LogP contribution in [0.4, 0.5) is 0 Å². The fourth-order valence-electron chi connectivity index (χ4n) is 3.16. The monoisotopic (exact) mass is 367 g/mol. The molecule has 0 fully saturated rings. The van der Waals surface area contributed by atoms with Crippen LogP contribution in [0.3, 0.4) is 0 Å². The Labute approximate surface area is 164 Å². The van der Waals surface area contributed by atoms with Gasteiger partial charge in [0.25, 0.3) is 5.91 Å². The summed E-state index contributed by atoms with van der Waals surface area (Å²) in [5.74, 6) is 1.05. The molecule has 2 atom stereocenters. The fourth-order valence-corrected chi connectivity index (χ4v) is 3.16. The minimum absolute atomic E-state index is 0.00933. The van der Waals surface area contributed by atoms with E-state index in [1.165, 1.54) is 11.1 Å². The smallest absolute Gasteiger partial charge is 0.261 e. The van der Waals surface area contributed by atoms with Crippen molar-refractivity contribution in [2.45, 2.75) is 73.0 Å². The number of carbonyl (C=O) groups excluding carboxylic acids is 1. The predicted molar refractivity (Wildman–Crippen MR) is 112 cm³/mol. The van der Waals surface area contributed by atoms with Gasteiger partial charge in [0.1, 0.15) is 5.75 Å². The van der Waals surface area contributed by atoms with Crippen LogP contribution in [-0.2, 0) is 4.79 Å². The van der Waals surface area contributed by atoms with Crippen molar-refractivity contribution >= 4 is 5.91 Å². The van der Waals surface area contributed by atoms with E-state index in [1.807, 2.05) is 19.9 Å². The molecule has 0 saturated carbocycles. The standard InChI is InChI=1S/C24H33NO2/c1-8-22(20-11-10-17(5)18(6)14-20)25-24(26)19(7)27-23-13-16(4)9-12-21(23)15(2)3/h9-15,19,22H,8H2,1-7H3,(H,25,26). The molecule has 146 valence electrons. The Hall–Kier alpha value is -2.29. The number of amides is 1. The third kappa shape index (κ3) is 5.35. The van der Waals surface area contributed by atoms with Crippen molar-refractivity contribution in [3.05, 3.63) is 64.2 Å². The lowest BCUT2D eigenvalue weighted by atomic mass is 9.99. The molecule has 0 aliphatic rings. The zero-order chi connectivity index (χ0) is 20.1. The van der Waals surface area contributed by atoms with Crippen LogP contribution in [0.15, 0.2) is 36.4 Å². The second kappa shape index (κ2) is 9.07. The Morgan fingerprint density at radius 2 is 1.70 bits per heavy atom. The summed E-state index contributed by atoms with van der Waals surface area (Å²) in [4.78, 5) is 12.8. The SMILES string of the molecule is CCC(NC(=O)C(C)Oc1cc(C)ccc1C(C)C)c1ccc(C)c(C)c1. The van der Waals surface area contributed by atoms with Gasteiger partial charge in [-0.25, -0.2) is 0 Å². The summed E-state index contributed by atoms with van der Waals surface area (Å²) in [6.07, 6.45) is 0.285. The first-order valence-electron chi connectivity index (χ1n) is 9.87. The highest BCUT2D eigenvalue weighted by Crippen LogP contribution is 2.28. The highest BCUT2D eigenvalue weighted by Gasteiger charge is 2.21. The van der Waals surface area contributed by atoms with Gasteiger partial charge in [-0.05, 0) is 73.9 Å². The van der Waals surface area contributed by atoms with Crippen LogP contribution in [0.2, 0.25) is 0 Å². The largest absolute Gasteiger partial charge is 0.481 e. The highest BCUT2D eigenvalue weighted by molar-refractivity contribution is 5.81. The molecule has 0 bridgehead atoms. The van der Waals surface area contributed by atoms with E-state index in [4.69, 9.17) is 4.74 Å². The molecule has 2 unspecified atom stereocenters. The summed E-state index contributed by atoms with van der Waals surface area (Å²) < 4.78 is 6.06. The van der Waals surface area contributed by atoms with Crippen LogP contribution in [0.5, 0.6) is 5.75 Å². The lowest BCUT2D eigenvalue weighted by Crippen LogP contribution is -2.38. The Balaban J connectivity index is 2.12. The van der Waals surface area contributed by atoms with Gasteiger partial charge in [-0.1, -0.05) is 51.1 Å². The predicted octanol–water partition coefficient (Wildman–Crippen LogP) is 5.77. The number of rotatable bonds is 7. The Morgan fingerprint density at radius 3 is 2.30 bits per heavy atom. The molecule has 0 radical (unpaired) electrons. The minimum atomic E-state index is -0.551. The van der Waals surface area contributed by atoms with Gasteiger partial charge in [-0.2, -0.15) is 0 Å². The third-order valence-electron chi connectivity index (χ3n) is 5.12. The van der Waals surface area contributed by atoms with Gasteiger partial charge in [0, 0.05) is 0 Å². The van der Waals surface area contributed by atoms with E-state index in [0.29, 0.717) is 5.92 Å². The molecule has 0 saturated heterocycles. The van der Waals surface area contributed by atoms with Gasteiger partial charge in [0.15, 0.2) is 6.10 Å². The van der Waals surface area contributed by atoms with E-state index in [-0.39, 0.29) is 11.9 Å². The molecule has 0 heterocycles. The Morgan fingerprint density at radius 1 is 1.00 bits per heavy atom. The number of hydrogen-bond donors (Lipinski definition) is 1. The second-order valence-electron chi connectivity index (χ2n) is 7.77. The zero-order valence-electron chi connectivity index (χ0n) is 17.7. The van der Waals surface area contributed by atoms with Crippen LogP contribution < -0.4 is 10.1 Å². The third-order valence-corrected chi connectivity index (χ3v) is 5.12. The summed E-state index contributed by atoms with van der Waals surface area (Å²) in [5.41, 5.74) is 5.90. The average Bonchev–Trinajstić information content (AvgIpc) is 2.61. The summed E-state index contributed by atoms with van der Waals surface area (Å²) >= 11 is 0. The highest BCUT2D eigenvalue weighted by atomic mass is 16.5.